The third-order valence-electron chi connectivity index (χ3n) is 2.19. The largest absolute Gasteiger partial charge is 0.444 e. The molecule has 0 bridgehead atoms. The first-order chi connectivity index (χ1) is 9.67. The molecule has 0 unspecified atom stereocenters. The topological polar surface area (TPSA) is 98.8 Å². The zero-order chi connectivity index (χ0) is 16.5. The number of amides is 1. The van der Waals surface area contributed by atoms with Crippen LogP contribution in [0, 0.1) is 0 Å². The molecule has 0 fully saturated rings. The van der Waals surface area contributed by atoms with Crippen molar-refractivity contribution >= 4 is 23.4 Å². The molecule has 21 heavy (non-hydrogen) atoms. The molecule has 0 radical (unpaired) electrons. The van der Waals surface area contributed by atoms with Crippen LogP contribution in [0.3, 0.4) is 0 Å². The standard InChI is InChI=1S/C14H23NO6/c1-5-20-9-11(17)12(18)10(16)7-6-8-15-13(19)21-14(2,3)4/h5-9H2,1-4H3,(H,15,19). The van der Waals surface area contributed by atoms with Gasteiger partial charge in [0.2, 0.25) is 11.6 Å². The van der Waals surface area contributed by atoms with E-state index in [1.54, 1.807) is 27.7 Å². The summed E-state index contributed by atoms with van der Waals surface area (Å²) in [4.78, 5) is 45.4. The first kappa shape index (κ1) is 19.2. The van der Waals surface area contributed by atoms with E-state index in [-0.39, 0.29) is 26.0 Å². The average Bonchev–Trinajstić information content (AvgIpc) is 2.37. The van der Waals surface area contributed by atoms with E-state index in [0.717, 1.165) is 0 Å². The minimum Gasteiger partial charge on any atom is -0.444 e. The van der Waals surface area contributed by atoms with Crippen LogP contribution in [0.4, 0.5) is 4.79 Å². The summed E-state index contributed by atoms with van der Waals surface area (Å²) in [5.74, 6) is -2.67. The summed E-state index contributed by atoms with van der Waals surface area (Å²) in [5.41, 5.74) is -0.596. The molecule has 0 aliphatic carbocycles. The van der Waals surface area contributed by atoms with Crippen molar-refractivity contribution in [3.8, 4) is 0 Å². The monoisotopic (exact) mass is 301 g/mol. The molecule has 0 spiro atoms. The number of ether oxygens (including phenoxy) is 2. The van der Waals surface area contributed by atoms with Gasteiger partial charge in [0, 0.05) is 19.6 Å². The van der Waals surface area contributed by atoms with Crippen LogP contribution in [0.2, 0.25) is 0 Å². The Balaban J connectivity index is 3.92. The van der Waals surface area contributed by atoms with E-state index in [2.05, 4.69) is 5.32 Å². The van der Waals surface area contributed by atoms with Gasteiger partial charge in [0.15, 0.2) is 0 Å². The van der Waals surface area contributed by atoms with Gasteiger partial charge < -0.3 is 14.8 Å². The number of alkyl carbamates (subject to hydrolysis) is 1. The molecular formula is C14H23NO6. The molecule has 0 atom stereocenters. The van der Waals surface area contributed by atoms with E-state index in [9.17, 15) is 19.2 Å². The molecule has 1 N–H and O–H groups in total. The Morgan fingerprint density at radius 2 is 1.67 bits per heavy atom. The van der Waals surface area contributed by atoms with Crippen LogP contribution in [0.15, 0.2) is 0 Å². The van der Waals surface area contributed by atoms with Crippen LogP contribution in [-0.2, 0) is 23.9 Å². The van der Waals surface area contributed by atoms with Crippen molar-refractivity contribution in [3.05, 3.63) is 0 Å². The fourth-order valence-electron chi connectivity index (χ4n) is 1.28. The van der Waals surface area contributed by atoms with Crippen molar-refractivity contribution < 1.29 is 28.7 Å². The van der Waals surface area contributed by atoms with Crippen LogP contribution in [0.25, 0.3) is 0 Å². The summed E-state index contributed by atoms with van der Waals surface area (Å²) in [6, 6.07) is 0. The average molecular weight is 301 g/mol. The Labute approximate surface area is 124 Å². The highest BCUT2D eigenvalue weighted by molar-refractivity contribution is 6.64. The number of hydrogen-bond acceptors (Lipinski definition) is 6. The Morgan fingerprint density at radius 3 is 2.19 bits per heavy atom. The zero-order valence-electron chi connectivity index (χ0n) is 13.0. The summed E-state index contributed by atoms with van der Waals surface area (Å²) in [7, 11) is 0. The van der Waals surface area contributed by atoms with Crippen molar-refractivity contribution in [2.45, 2.75) is 46.1 Å². The molecule has 0 saturated carbocycles. The molecule has 1 amide bonds. The van der Waals surface area contributed by atoms with Crippen LogP contribution in [0.5, 0.6) is 0 Å². The highest BCUT2D eigenvalue weighted by atomic mass is 16.6. The van der Waals surface area contributed by atoms with Gasteiger partial charge in [-0.2, -0.15) is 0 Å². The number of rotatable bonds is 9. The van der Waals surface area contributed by atoms with Gasteiger partial charge >= 0.3 is 6.09 Å². The van der Waals surface area contributed by atoms with E-state index in [1.807, 2.05) is 0 Å². The lowest BCUT2D eigenvalue weighted by Gasteiger charge is -2.19. The van der Waals surface area contributed by atoms with Gasteiger partial charge in [-0.25, -0.2) is 4.79 Å². The molecule has 7 nitrogen and oxygen atoms in total. The van der Waals surface area contributed by atoms with Gasteiger partial charge in [-0.05, 0) is 34.1 Å². The Kier molecular flexibility index (Phi) is 8.45. The van der Waals surface area contributed by atoms with Crippen LogP contribution in [0.1, 0.15) is 40.5 Å². The quantitative estimate of drug-likeness (QED) is 0.388. The maximum absolute atomic E-state index is 11.5. The summed E-state index contributed by atoms with van der Waals surface area (Å²) in [5, 5.41) is 2.46. The molecular weight excluding hydrogens is 278 g/mol. The third kappa shape index (κ3) is 9.73. The van der Waals surface area contributed by atoms with E-state index in [4.69, 9.17) is 9.47 Å². The maximum atomic E-state index is 11.5. The van der Waals surface area contributed by atoms with Crippen LogP contribution >= 0.6 is 0 Å². The molecule has 0 aromatic rings. The summed E-state index contributed by atoms with van der Waals surface area (Å²) < 4.78 is 9.78. The first-order valence-corrected chi connectivity index (χ1v) is 6.82. The summed E-state index contributed by atoms with van der Waals surface area (Å²) in [6.07, 6.45) is -0.438. The number of ketones is 3. The fraction of sp³-hybridized carbons (Fsp3) is 0.714. The SMILES string of the molecule is CCOCC(=O)C(=O)C(=O)CCCNC(=O)OC(C)(C)C. The zero-order valence-corrected chi connectivity index (χ0v) is 13.0. The van der Waals surface area contributed by atoms with Crippen molar-refractivity contribution in [1.82, 2.24) is 5.32 Å². The number of carbonyl (C=O) groups excluding carboxylic acids is 4. The predicted octanol–water partition coefficient (Wildman–Crippen LogP) is 1.04. The lowest BCUT2D eigenvalue weighted by molar-refractivity contribution is -0.145. The normalized spacial score (nSPS) is 10.9. The Hall–Kier alpha value is -1.76. The minimum absolute atomic E-state index is 0.105. The second kappa shape index (κ2) is 9.23. The first-order valence-electron chi connectivity index (χ1n) is 6.82. The number of Topliss-reactive ketones (excluding diaryl/α,β-unsaturated/α-hetero) is 3. The highest BCUT2D eigenvalue weighted by Crippen LogP contribution is 2.06. The summed E-state index contributed by atoms with van der Waals surface area (Å²) >= 11 is 0. The van der Waals surface area contributed by atoms with Crippen molar-refractivity contribution in [2.75, 3.05) is 19.8 Å². The lowest BCUT2D eigenvalue weighted by atomic mass is 10.1. The fourth-order valence-corrected chi connectivity index (χ4v) is 1.28. The second-order valence-electron chi connectivity index (χ2n) is 5.34. The van der Waals surface area contributed by atoms with Gasteiger partial charge in [0.1, 0.15) is 12.2 Å². The maximum Gasteiger partial charge on any atom is 0.407 e. The Bertz CT molecular complexity index is 397. The predicted molar refractivity (Wildman–Crippen MR) is 75.0 cm³/mol. The van der Waals surface area contributed by atoms with Gasteiger partial charge in [0.25, 0.3) is 5.78 Å². The molecule has 0 aromatic carbocycles. The minimum atomic E-state index is -1.05. The van der Waals surface area contributed by atoms with E-state index >= 15 is 0 Å². The van der Waals surface area contributed by atoms with Gasteiger partial charge in [-0.1, -0.05) is 0 Å². The molecule has 0 aliphatic heterocycles. The van der Waals surface area contributed by atoms with Crippen LogP contribution < -0.4 is 5.32 Å². The molecule has 7 heteroatoms. The van der Waals surface area contributed by atoms with Gasteiger partial charge in [-0.15, -0.1) is 0 Å². The van der Waals surface area contributed by atoms with Gasteiger partial charge in [-0.3, -0.25) is 14.4 Å². The second-order valence-corrected chi connectivity index (χ2v) is 5.34. The number of carbonyl (C=O) groups is 4. The summed E-state index contributed by atoms with van der Waals surface area (Å²) in [6.45, 7) is 7.00. The molecule has 120 valence electrons. The van der Waals surface area contributed by atoms with Gasteiger partial charge in [0.05, 0.1) is 0 Å². The molecule has 0 aromatic heterocycles. The van der Waals surface area contributed by atoms with Crippen molar-refractivity contribution in [3.63, 3.8) is 0 Å². The molecule has 0 heterocycles. The third-order valence-corrected chi connectivity index (χ3v) is 2.19. The Morgan fingerprint density at radius 1 is 1.05 bits per heavy atom. The van der Waals surface area contributed by atoms with Crippen molar-refractivity contribution in [1.29, 1.82) is 0 Å². The number of nitrogens with one attached hydrogen (secondary N) is 1. The van der Waals surface area contributed by atoms with Crippen molar-refractivity contribution in [2.24, 2.45) is 0 Å². The van der Waals surface area contributed by atoms with E-state index in [1.165, 1.54) is 0 Å². The van der Waals surface area contributed by atoms with E-state index in [0.29, 0.717) is 6.61 Å². The molecule has 0 saturated heterocycles. The number of hydrogen-bond donors (Lipinski definition) is 1. The molecule has 0 rings (SSSR count). The smallest absolute Gasteiger partial charge is 0.407 e. The lowest BCUT2D eigenvalue weighted by Crippen LogP contribution is -2.33. The highest BCUT2D eigenvalue weighted by Gasteiger charge is 2.22. The van der Waals surface area contributed by atoms with E-state index < -0.39 is 29.0 Å². The molecule has 0 aliphatic rings. The van der Waals surface area contributed by atoms with Crippen LogP contribution in [-0.4, -0.2) is 48.8 Å².